The van der Waals surface area contributed by atoms with Gasteiger partial charge in [-0.25, -0.2) is 4.98 Å². The van der Waals surface area contributed by atoms with E-state index in [1.165, 1.54) is 0 Å². The first kappa shape index (κ1) is 18.4. The van der Waals surface area contributed by atoms with E-state index in [2.05, 4.69) is 21.8 Å². The first-order valence-electron chi connectivity index (χ1n) is 9.56. The van der Waals surface area contributed by atoms with Gasteiger partial charge in [0.25, 0.3) is 0 Å². The molecule has 0 atom stereocenters. The minimum atomic E-state index is -0.0684. The van der Waals surface area contributed by atoms with E-state index in [4.69, 9.17) is 0 Å². The molecule has 0 radical (unpaired) electrons. The summed E-state index contributed by atoms with van der Waals surface area (Å²) in [7, 11) is 0. The fraction of sp³-hybridized carbons (Fsp3) is 0.550. The second-order valence-electron chi connectivity index (χ2n) is 7.32. The van der Waals surface area contributed by atoms with Crippen LogP contribution >= 0.6 is 0 Å². The number of benzene rings is 1. The molecule has 0 bridgehead atoms. The third kappa shape index (κ3) is 3.74. The molecule has 1 aliphatic heterocycles. The van der Waals surface area contributed by atoms with Crippen molar-refractivity contribution in [2.75, 3.05) is 18.4 Å². The number of aryl methyl sites for hydroxylation is 1. The van der Waals surface area contributed by atoms with Crippen molar-refractivity contribution >= 4 is 28.8 Å². The van der Waals surface area contributed by atoms with Crippen molar-refractivity contribution < 1.29 is 9.59 Å². The Hall–Kier alpha value is -2.37. The topological polar surface area (TPSA) is 67.2 Å². The highest BCUT2D eigenvalue weighted by atomic mass is 16.2. The Bertz CT molecular complexity index is 788. The lowest BCUT2D eigenvalue weighted by molar-refractivity contribution is -0.137. The third-order valence-electron chi connectivity index (χ3n) is 5.01. The summed E-state index contributed by atoms with van der Waals surface area (Å²) in [5, 5.41) is 3.03. The van der Waals surface area contributed by atoms with Crippen LogP contribution < -0.4 is 5.32 Å². The standard InChI is InChI=1S/C20H28N4O2/c1-4-11-24-17-8-6-5-7-16(17)21-20(24)22-18(25)15-9-12-23(13-10-15)19(26)14(2)3/h5-8,14-15H,4,9-13H2,1-3H3,(H,21,22,25). The molecule has 1 aromatic carbocycles. The molecule has 1 aromatic heterocycles. The number of rotatable bonds is 5. The Morgan fingerprint density at radius 2 is 1.92 bits per heavy atom. The lowest BCUT2D eigenvalue weighted by atomic mass is 9.95. The van der Waals surface area contributed by atoms with Gasteiger partial charge in [-0.15, -0.1) is 0 Å². The molecule has 0 spiro atoms. The van der Waals surface area contributed by atoms with Crippen molar-refractivity contribution in [1.82, 2.24) is 14.5 Å². The minimum Gasteiger partial charge on any atom is -0.342 e. The average Bonchev–Trinajstić information content (AvgIpc) is 2.99. The normalized spacial score (nSPS) is 15.6. The Morgan fingerprint density at radius 1 is 1.23 bits per heavy atom. The van der Waals surface area contributed by atoms with Gasteiger partial charge in [-0.05, 0) is 31.4 Å². The molecule has 1 aliphatic rings. The summed E-state index contributed by atoms with van der Waals surface area (Å²) in [6, 6.07) is 7.94. The molecule has 3 rings (SSSR count). The number of carbonyl (C=O) groups excluding carboxylic acids is 2. The number of hydrogen-bond donors (Lipinski definition) is 1. The number of carbonyl (C=O) groups is 2. The van der Waals surface area contributed by atoms with E-state index in [1.807, 2.05) is 43.0 Å². The number of imidazole rings is 1. The van der Waals surface area contributed by atoms with Crippen molar-refractivity contribution in [3.05, 3.63) is 24.3 Å². The van der Waals surface area contributed by atoms with Crippen molar-refractivity contribution in [3.8, 4) is 0 Å². The molecule has 6 heteroatoms. The van der Waals surface area contributed by atoms with Gasteiger partial charge in [-0.1, -0.05) is 32.9 Å². The van der Waals surface area contributed by atoms with Gasteiger partial charge in [0, 0.05) is 31.5 Å². The van der Waals surface area contributed by atoms with E-state index in [1.54, 1.807) is 0 Å². The Kier molecular flexibility index (Phi) is 5.59. The number of nitrogens with one attached hydrogen (secondary N) is 1. The van der Waals surface area contributed by atoms with Gasteiger partial charge in [0.05, 0.1) is 11.0 Å². The first-order valence-corrected chi connectivity index (χ1v) is 9.56. The molecule has 0 saturated carbocycles. The number of piperidine rings is 1. The lowest BCUT2D eigenvalue weighted by Gasteiger charge is -2.32. The number of aromatic nitrogens is 2. The van der Waals surface area contributed by atoms with Gasteiger partial charge in [0.2, 0.25) is 17.8 Å². The third-order valence-corrected chi connectivity index (χ3v) is 5.01. The lowest BCUT2D eigenvalue weighted by Crippen LogP contribution is -2.43. The monoisotopic (exact) mass is 356 g/mol. The highest BCUT2D eigenvalue weighted by molar-refractivity contribution is 5.93. The fourth-order valence-corrected chi connectivity index (χ4v) is 3.56. The maximum Gasteiger partial charge on any atom is 0.229 e. The van der Waals surface area contributed by atoms with E-state index >= 15 is 0 Å². The van der Waals surface area contributed by atoms with E-state index in [0.29, 0.717) is 31.9 Å². The molecule has 1 saturated heterocycles. The zero-order chi connectivity index (χ0) is 18.7. The molecule has 2 amide bonds. The summed E-state index contributed by atoms with van der Waals surface area (Å²) in [5.41, 5.74) is 1.94. The van der Waals surface area contributed by atoms with Crippen LogP contribution in [0.1, 0.15) is 40.0 Å². The number of anilines is 1. The van der Waals surface area contributed by atoms with Crippen LogP contribution in [0.5, 0.6) is 0 Å². The van der Waals surface area contributed by atoms with Crippen molar-refractivity contribution in [1.29, 1.82) is 0 Å². The molecule has 2 aromatic rings. The second-order valence-corrected chi connectivity index (χ2v) is 7.32. The van der Waals surface area contributed by atoms with Gasteiger partial charge in [0.15, 0.2) is 0 Å². The van der Waals surface area contributed by atoms with Crippen LogP contribution in [-0.2, 0) is 16.1 Å². The SMILES string of the molecule is CCCn1c(NC(=O)C2CCN(C(=O)C(C)C)CC2)nc2ccccc21. The van der Waals surface area contributed by atoms with Crippen LogP contribution in [0.15, 0.2) is 24.3 Å². The van der Waals surface area contributed by atoms with Gasteiger partial charge >= 0.3 is 0 Å². The molecule has 1 N–H and O–H groups in total. The van der Waals surface area contributed by atoms with E-state index < -0.39 is 0 Å². The molecular weight excluding hydrogens is 328 g/mol. The Morgan fingerprint density at radius 3 is 2.58 bits per heavy atom. The molecule has 26 heavy (non-hydrogen) atoms. The summed E-state index contributed by atoms with van der Waals surface area (Å²) in [4.78, 5) is 31.3. The quantitative estimate of drug-likeness (QED) is 0.894. The number of likely N-dealkylation sites (tertiary alicyclic amines) is 1. The Labute approximate surface area is 154 Å². The number of para-hydroxylation sites is 2. The largest absolute Gasteiger partial charge is 0.342 e. The smallest absolute Gasteiger partial charge is 0.229 e. The minimum absolute atomic E-state index is 0.00862. The van der Waals surface area contributed by atoms with Crippen molar-refractivity contribution in [2.24, 2.45) is 11.8 Å². The molecule has 140 valence electrons. The van der Waals surface area contributed by atoms with Gasteiger partial charge in [0.1, 0.15) is 0 Å². The van der Waals surface area contributed by atoms with Crippen LogP contribution in [0.4, 0.5) is 5.95 Å². The van der Waals surface area contributed by atoms with E-state index in [0.717, 1.165) is 24.0 Å². The number of amides is 2. The zero-order valence-corrected chi connectivity index (χ0v) is 15.9. The summed E-state index contributed by atoms with van der Waals surface area (Å²) in [5.74, 6) is 0.747. The van der Waals surface area contributed by atoms with Crippen LogP contribution in [0.2, 0.25) is 0 Å². The molecular formula is C20H28N4O2. The van der Waals surface area contributed by atoms with E-state index in [9.17, 15) is 9.59 Å². The Balaban J connectivity index is 1.68. The molecule has 0 aliphatic carbocycles. The molecule has 2 heterocycles. The number of fused-ring (bicyclic) bond motifs is 1. The predicted octanol–water partition coefficient (Wildman–Crippen LogP) is 3.28. The summed E-state index contributed by atoms with van der Waals surface area (Å²) in [6.45, 7) is 8.07. The fourth-order valence-electron chi connectivity index (χ4n) is 3.56. The van der Waals surface area contributed by atoms with Crippen LogP contribution in [0.3, 0.4) is 0 Å². The van der Waals surface area contributed by atoms with E-state index in [-0.39, 0.29) is 23.7 Å². The van der Waals surface area contributed by atoms with Crippen LogP contribution in [0.25, 0.3) is 11.0 Å². The highest BCUT2D eigenvalue weighted by Gasteiger charge is 2.29. The van der Waals surface area contributed by atoms with Gasteiger partial charge in [-0.3, -0.25) is 14.9 Å². The molecule has 1 fully saturated rings. The number of hydrogen-bond acceptors (Lipinski definition) is 3. The van der Waals surface area contributed by atoms with Gasteiger partial charge < -0.3 is 9.47 Å². The average molecular weight is 356 g/mol. The van der Waals surface area contributed by atoms with Crippen molar-refractivity contribution in [2.45, 2.75) is 46.6 Å². The first-order chi connectivity index (χ1) is 12.5. The summed E-state index contributed by atoms with van der Waals surface area (Å²) >= 11 is 0. The maximum absolute atomic E-state index is 12.7. The predicted molar refractivity (Wildman–Crippen MR) is 103 cm³/mol. The maximum atomic E-state index is 12.7. The zero-order valence-electron chi connectivity index (χ0n) is 15.9. The van der Waals surface area contributed by atoms with Crippen LogP contribution in [0, 0.1) is 11.8 Å². The molecule has 6 nitrogen and oxygen atoms in total. The van der Waals surface area contributed by atoms with Crippen molar-refractivity contribution in [3.63, 3.8) is 0 Å². The van der Waals surface area contributed by atoms with Gasteiger partial charge in [-0.2, -0.15) is 0 Å². The molecule has 0 unspecified atom stereocenters. The number of nitrogens with zero attached hydrogens (tertiary/aromatic N) is 3. The summed E-state index contributed by atoms with van der Waals surface area (Å²) < 4.78 is 2.07. The second kappa shape index (κ2) is 7.89. The highest BCUT2D eigenvalue weighted by Crippen LogP contribution is 2.23. The summed E-state index contributed by atoms with van der Waals surface area (Å²) in [6.07, 6.45) is 2.38. The van der Waals surface area contributed by atoms with Crippen LogP contribution in [-0.4, -0.2) is 39.4 Å².